The summed E-state index contributed by atoms with van der Waals surface area (Å²) in [5.74, 6) is 2.77. The van der Waals surface area contributed by atoms with Gasteiger partial charge >= 0.3 is 0 Å². The van der Waals surface area contributed by atoms with Crippen LogP contribution in [0.5, 0.6) is 0 Å². The van der Waals surface area contributed by atoms with E-state index in [1.165, 1.54) is 12.8 Å². The van der Waals surface area contributed by atoms with E-state index >= 15 is 0 Å². The molecule has 0 atom stereocenters. The van der Waals surface area contributed by atoms with Gasteiger partial charge in [0.2, 0.25) is 0 Å². The van der Waals surface area contributed by atoms with Crippen molar-refractivity contribution in [3.63, 3.8) is 0 Å². The standard InChI is InChI=1S/C16H16N2OS/c17-9-8-16(6-7-16)12-20-11-14-10-15(18-19-14)13-4-2-1-3-5-13/h1-5,10H,6-8,11-12H2. The Labute approximate surface area is 123 Å². The molecule has 0 N–H and O–H groups in total. The Morgan fingerprint density at radius 3 is 2.80 bits per heavy atom. The monoisotopic (exact) mass is 284 g/mol. The smallest absolute Gasteiger partial charge is 0.147 e. The number of nitrogens with zero attached hydrogens (tertiary/aromatic N) is 2. The summed E-state index contributed by atoms with van der Waals surface area (Å²) >= 11 is 1.84. The first kappa shape index (κ1) is 13.3. The zero-order chi connectivity index (χ0) is 13.8. The van der Waals surface area contributed by atoms with Crippen LogP contribution in [0.4, 0.5) is 0 Å². The quantitative estimate of drug-likeness (QED) is 0.795. The predicted octanol–water partition coefficient (Wildman–Crippen LogP) is 4.27. The highest BCUT2D eigenvalue weighted by Crippen LogP contribution is 2.51. The van der Waals surface area contributed by atoms with E-state index in [0.29, 0.717) is 11.8 Å². The van der Waals surface area contributed by atoms with E-state index in [4.69, 9.17) is 9.78 Å². The molecule has 1 aromatic heterocycles. The molecule has 0 bridgehead atoms. The lowest BCUT2D eigenvalue weighted by Crippen LogP contribution is -2.02. The molecule has 0 spiro atoms. The lowest BCUT2D eigenvalue weighted by Gasteiger charge is -2.08. The maximum Gasteiger partial charge on any atom is 0.147 e. The van der Waals surface area contributed by atoms with Crippen LogP contribution < -0.4 is 0 Å². The van der Waals surface area contributed by atoms with E-state index < -0.39 is 0 Å². The van der Waals surface area contributed by atoms with Crippen molar-refractivity contribution in [3.8, 4) is 17.3 Å². The van der Waals surface area contributed by atoms with Crippen molar-refractivity contribution in [2.75, 3.05) is 5.75 Å². The number of nitriles is 1. The van der Waals surface area contributed by atoms with E-state index in [-0.39, 0.29) is 0 Å². The summed E-state index contributed by atoms with van der Waals surface area (Å²) < 4.78 is 5.38. The molecule has 0 saturated heterocycles. The van der Waals surface area contributed by atoms with Gasteiger partial charge in [0.15, 0.2) is 0 Å². The van der Waals surface area contributed by atoms with Crippen LogP contribution in [0.25, 0.3) is 11.3 Å². The SMILES string of the molecule is N#CCC1(CSCc2cc(-c3ccccc3)no2)CC1. The largest absolute Gasteiger partial charge is 0.360 e. The lowest BCUT2D eigenvalue weighted by molar-refractivity contribution is 0.397. The van der Waals surface area contributed by atoms with Crippen LogP contribution in [0, 0.1) is 16.7 Å². The molecule has 3 nitrogen and oxygen atoms in total. The molecule has 102 valence electrons. The molecule has 0 unspecified atom stereocenters. The van der Waals surface area contributed by atoms with Gasteiger partial charge in [-0.1, -0.05) is 35.5 Å². The Bertz CT molecular complexity index is 611. The Morgan fingerprint density at radius 1 is 1.30 bits per heavy atom. The molecule has 3 rings (SSSR count). The van der Waals surface area contributed by atoms with Gasteiger partial charge < -0.3 is 4.52 Å². The fraction of sp³-hybridized carbons (Fsp3) is 0.375. The number of benzene rings is 1. The zero-order valence-corrected chi connectivity index (χ0v) is 12.0. The van der Waals surface area contributed by atoms with Gasteiger partial charge in [0.25, 0.3) is 0 Å². The minimum atomic E-state index is 0.293. The fourth-order valence-electron chi connectivity index (χ4n) is 2.21. The van der Waals surface area contributed by atoms with E-state index in [2.05, 4.69) is 11.2 Å². The molecule has 1 fully saturated rings. The highest BCUT2D eigenvalue weighted by molar-refractivity contribution is 7.98. The second-order valence-electron chi connectivity index (χ2n) is 5.37. The van der Waals surface area contributed by atoms with Crippen LogP contribution >= 0.6 is 11.8 Å². The van der Waals surface area contributed by atoms with Crippen molar-refractivity contribution in [2.24, 2.45) is 5.41 Å². The molecular weight excluding hydrogens is 268 g/mol. The second-order valence-corrected chi connectivity index (χ2v) is 6.36. The van der Waals surface area contributed by atoms with E-state index in [1.807, 2.05) is 48.2 Å². The molecule has 1 aliphatic rings. The number of thioether (sulfide) groups is 1. The minimum Gasteiger partial charge on any atom is -0.360 e. The first-order valence-electron chi connectivity index (χ1n) is 6.77. The van der Waals surface area contributed by atoms with Crippen molar-refractivity contribution in [1.29, 1.82) is 5.26 Å². The van der Waals surface area contributed by atoms with E-state index in [0.717, 1.165) is 28.5 Å². The fourth-order valence-corrected chi connectivity index (χ4v) is 3.47. The third kappa shape index (κ3) is 3.05. The van der Waals surface area contributed by atoms with Crippen LogP contribution in [0.3, 0.4) is 0 Å². The van der Waals surface area contributed by atoms with Gasteiger partial charge in [0.1, 0.15) is 11.5 Å². The van der Waals surface area contributed by atoms with Crippen LogP contribution in [0.2, 0.25) is 0 Å². The highest BCUT2D eigenvalue weighted by atomic mass is 32.2. The Balaban J connectivity index is 1.55. The third-order valence-corrected chi connectivity index (χ3v) is 5.00. The molecule has 2 aromatic rings. The van der Waals surface area contributed by atoms with Crippen molar-refractivity contribution in [2.45, 2.75) is 25.0 Å². The van der Waals surface area contributed by atoms with Gasteiger partial charge in [-0.05, 0) is 18.3 Å². The number of hydrogen-bond donors (Lipinski definition) is 0. The Morgan fingerprint density at radius 2 is 2.10 bits per heavy atom. The van der Waals surface area contributed by atoms with Crippen LogP contribution in [-0.4, -0.2) is 10.9 Å². The molecule has 4 heteroatoms. The average molecular weight is 284 g/mol. The molecule has 0 amide bonds. The molecule has 0 aliphatic heterocycles. The first-order chi connectivity index (χ1) is 9.81. The van der Waals surface area contributed by atoms with Crippen molar-refractivity contribution in [1.82, 2.24) is 5.16 Å². The number of hydrogen-bond acceptors (Lipinski definition) is 4. The van der Waals surface area contributed by atoms with E-state index in [9.17, 15) is 0 Å². The summed E-state index contributed by atoms with van der Waals surface area (Å²) in [4.78, 5) is 0. The first-order valence-corrected chi connectivity index (χ1v) is 7.93. The van der Waals surface area contributed by atoms with Gasteiger partial charge in [-0.15, -0.1) is 0 Å². The second kappa shape index (κ2) is 5.72. The van der Waals surface area contributed by atoms with Crippen LogP contribution in [-0.2, 0) is 5.75 Å². The molecule has 0 radical (unpaired) electrons. The molecule has 1 heterocycles. The normalized spacial score (nSPS) is 15.8. The van der Waals surface area contributed by atoms with Gasteiger partial charge in [0.05, 0.1) is 11.8 Å². The van der Waals surface area contributed by atoms with Gasteiger partial charge in [-0.3, -0.25) is 0 Å². The molecular formula is C16H16N2OS. The topological polar surface area (TPSA) is 49.8 Å². The molecule has 1 saturated carbocycles. The third-order valence-electron chi connectivity index (χ3n) is 3.69. The Kier molecular flexibility index (Phi) is 3.79. The maximum atomic E-state index is 8.80. The summed E-state index contributed by atoms with van der Waals surface area (Å²) in [7, 11) is 0. The predicted molar refractivity (Wildman–Crippen MR) is 80.0 cm³/mol. The minimum absolute atomic E-state index is 0.293. The van der Waals surface area contributed by atoms with Crippen molar-refractivity contribution in [3.05, 3.63) is 42.2 Å². The van der Waals surface area contributed by atoms with Crippen LogP contribution in [0.15, 0.2) is 40.9 Å². The van der Waals surface area contributed by atoms with Crippen LogP contribution in [0.1, 0.15) is 25.0 Å². The van der Waals surface area contributed by atoms with Crippen molar-refractivity contribution >= 4 is 11.8 Å². The molecule has 1 aliphatic carbocycles. The lowest BCUT2D eigenvalue weighted by atomic mass is 10.1. The zero-order valence-electron chi connectivity index (χ0n) is 11.2. The van der Waals surface area contributed by atoms with E-state index in [1.54, 1.807) is 0 Å². The number of rotatable bonds is 6. The maximum absolute atomic E-state index is 8.80. The summed E-state index contributed by atoms with van der Waals surface area (Å²) in [6.07, 6.45) is 3.07. The molecule has 20 heavy (non-hydrogen) atoms. The summed E-state index contributed by atoms with van der Waals surface area (Å²) in [5, 5.41) is 12.9. The summed E-state index contributed by atoms with van der Waals surface area (Å²) in [6.45, 7) is 0. The van der Waals surface area contributed by atoms with Gasteiger partial charge in [-0.25, -0.2) is 0 Å². The number of aromatic nitrogens is 1. The summed E-state index contributed by atoms with van der Waals surface area (Å²) in [6, 6.07) is 14.3. The molecule has 1 aromatic carbocycles. The summed E-state index contributed by atoms with van der Waals surface area (Å²) in [5.41, 5.74) is 2.26. The van der Waals surface area contributed by atoms with Gasteiger partial charge in [0, 0.05) is 23.8 Å². The average Bonchev–Trinajstić information content (AvgIpc) is 3.07. The van der Waals surface area contributed by atoms with Crippen molar-refractivity contribution < 1.29 is 4.52 Å². The van der Waals surface area contributed by atoms with Gasteiger partial charge in [-0.2, -0.15) is 17.0 Å². The Hall–Kier alpha value is -1.73. The highest BCUT2D eigenvalue weighted by Gasteiger charge is 2.42.